The monoisotopic (exact) mass is 535 g/mol. The third-order valence-corrected chi connectivity index (χ3v) is 6.36. The molecule has 8 nitrogen and oxygen atoms in total. The minimum atomic E-state index is -1.21. The predicted molar refractivity (Wildman–Crippen MR) is 141 cm³/mol. The lowest BCUT2D eigenvalue weighted by molar-refractivity contribution is -0.139. The number of carboxylic acids is 1. The fraction of sp³-hybridized carbons (Fsp3) is 0.241. The summed E-state index contributed by atoms with van der Waals surface area (Å²) in [5, 5.41) is 14.8. The fourth-order valence-electron chi connectivity index (χ4n) is 4.46. The van der Waals surface area contributed by atoms with E-state index in [2.05, 4.69) is 10.6 Å². The number of carbonyl (C=O) groups excluding carboxylic acids is 3. The van der Waals surface area contributed by atoms with E-state index >= 15 is 0 Å². The quantitative estimate of drug-likeness (QED) is 0.395. The van der Waals surface area contributed by atoms with Gasteiger partial charge >= 0.3 is 5.97 Å². The van der Waals surface area contributed by atoms with Crippen LogP contribution in [0.15, 0.2) is 66.7 Å². The minimum absolute atomic E-state index is 0.0187. The van der Waals surface area contributed by atoms with E-state index in [0.29, 0.717) is 6.42 Å². The molecule has 1 aliphatic rings. The molecule has 202 valence electrons. The SMILES string of the molecule is CC(C)CC1C(=O)Nc2cc(C(=O)NC(Cc3ccccc3)C(=O)O)ccc2N1C(=O)c1ccc(F)c(F)c1. The summed E-state index contributed by atoms with van der Waals surface area (Å²) >= 11 is 0. The normalized spacial score (nSPS) is 15.4. The Morgan fingerprint density at radius 3 is 2.31 bits per heavy atom. The molecule has 0 saturated heterocycles. The Morgan fingerprint density at radius 1 is 0.974 bits per heavy atom. The van der Waals surface area contributed by atoms with Crippen LogP contribution in [0.3, 0.4) is 0 Å². The van der Waals surface area contributed by atoms with Gasteiger partial charge in [-0.05, 0) is 54.3 Å². The van der Waals surface area contributed by atoms with Crippen LogP contribution >= 0.6 is 0 Å². The number of fused-ring (bicyclic) bond motifs is 1. The van der Waals surface area contributed by atoms with Crippen molar-refractivity contribution in [1.82, 2.24) is 5.32 Å². The first-order valence-corrected chi connectivity index (χ1v) is 12.4. The smallest absolute Gasteiger partial charge is 0.326 e. The summed E-state index contributed by atoms with van der Waals surface area (Å²) in [5.74, 6) is -5.39. The van der Waals surface area contributed by atoms with Crippen LogP contribution in [-0.4, -0.2) is 40.9 Å². The van der Waals surface area contributed by atoms with Crippen LogP contribution in [0.2, 0.25) is 0 Å². The standard InChI is InChI=1S/C29H27F2N3O5/c1-16(2)12-25-27(36)32-22-15-18(26(35)33-23(29(38)39)13-17-6-4-3-5-7-17)9-11-24(22)34(25)28(37)19-8-10-20(30)21(31)14-19/h3-11,14-16,23,25H,12-13H2,1-2H3,(H,32,36)(H,33,35)(H,38,39). The summed E-state index contributed by atoms with van der Waals surface area (Å²) < 4.78 is 27.4. The number of carbonyl (C=O) groups is 4. The van der Waals surface area contributed by atoms with Crippen molar-refractivity contribution in [3.8, 4) is 0 Å². The van der Waals surface area contributed by atoms with Gasteiger partial charge in [0.25, 0.3) is 11.8 Å². The molecule has 1 aliphatic heterocycles. The van der Waals surface area contributed by atoms with Crippen molar-refractivity contribution in [2.75, 3.05) is 10.2 Å². The lowest BCUT2D eigenvalue weighted by atomic mass is 9.96. The molecule has 4 rings (SSSR count). The number of amides is 3. The summed E-state index contributed by atoms with van der Waals surface area (Å²) in [6.45, 7) is 3.76. The largest absolute Gasteiger partial charge is 0.480 e. The zero-order valence-corrected chi connectivity index (χ0v) is 21.3. The van der Waals surface area contributed by atoms with Gasteiger partial charge in [0.05, 0.1) is 11.4 Å². The summed E-state index contributed by atoms with van der Waals surface area (Å²) in [5.41, 5.74) is 1.07. The molecule has 1 heterocycles. The van der Waals surface area contributed by atoms with Crippen molar-refractivity contribution in [3.05, 3.63) is 95.1 Å². The van der Waals surface area contributed by atoms with Gasteiger partial charge in [-0.15, -0.1) is 0 Å². The molecule has 3 aromatic carbocycles. The molecule has 3 aromatic rings. The average molecular weight is 536 g/mol. The molecular weight excluding hydrogens is 508 g/mol. The van der Waals surface area contributed by atoms with Crippen LogP contribution < -0.4 is 15.5 Å². The molecule has 0 saturated carbocycles. The molecule has 3 N–H and O–H groups in total. The van der Waals surface area contributed by atoms with Crippen molar-refractivity contribution < 1.29 is 33.1 Å². The van der Waals surface area contributed by atoms with Crippen molar-refractivity contribution in [3.63, 3.8) is 0 Å². The summed E-state index contributed by atoms with van der Waals surface area (Å²) in [7, 11) is 0. The number of rotatable bonds is 8. The minimum Gasteiger partial charge on any atom is -0.480 e. The number of anilines is 2. The van der Waals surface area contributed by atoms with E-state index in [4.69, 9.17) is 0 Å². The maximum atomic E-state index is 13.9. The van der Waals surface area contributed by atoms with Crippen molar-refractivity contribution in [2.45, 2.75) is 38.8 Å². The molecule has 0 fully saturated rings. The maximum absolute atomic E-state index is 13.9. The van der Waals surface area contributed by atoms with Crippen LogP contribution in [0.1, 0.15) is 46.5 Å². The number of hydrogen-bond donors (Lipinski definition) is 3. The number of nitrogens with zero attached hydrogens (tertiary/aromatic N) is 1. The Hall–Kier alpha value is -4.60. The Morgan fingerprint density at radius 2 is 1.67 bits per heavy atom. The molecule has 2 atom stereocenters. The highest BCUT2D eigenvalue weighted by molar-refractivity contribution is 6.17. The highest BCUT2D eigenvalue weighted by atomic mass is 19.2. The van der Waals surface area contributed by atoms with E-state index in [0.717, 1.165) is 23.8 Å². The van der Waals surface area contributed by atoms with Crippen LogP contribution in [0, 0.1) is 17.6 Å². The maximum Gasteiger partial charge on any atom is 0.326 e. The Bertz CT molecular complexity index is 1430. The van der Waals surface area contributed by atoms with E-state index in [1.807, 2.05) is 13.8 Å². The first-order chi connectivity index (χ1) is 18.5. The number of benzene rings is 3. The van der Waals surface area contributed by atoms with Gasteiger partial charge in [0, 0.05) is 17.5 Å². The van der Waals surface area contributed by atoms with Gasteiger partial charge in [-0.1, -0.05) is 44.2 Å². The fourth-order valence-corrected chi connectivity index (χ4v) is 4.46. The molecule has 2 unspecified atom stereocenters. The van der Waals surface area contributed by atoms with Crippen LogP contribution in [0.25, 0.3) is 0 Å². The molecule has 0 aromatic heterocycles. The summed E-state index contributed by atoms with van der Waals surface area (Å²) in [6, 6.07) is 13.7. The van der Waals surface area contributed by atoms with Crippen LogP contribution in [0.5, 0.6) is 0 Å². The summed E-state index contributed by atoms with van der Waals surface area (Å²) in [6.07, 6.45) is 0.361. The van der Waals surface area contributed by atoms with E-state index in [1.54, 1.807) is 30.3 Å². The van der Waals surface area contributed by atoms with Crippen molar-refractivity contribution in [1.29, 1.82) is 0 Å². The Labute approximate surface area is 223 Å². The molecule has 0 aliphatic carbocycles. The van der Waals surface area contributed by atoms with Crippen LogP contribution in [-0.2, 0) is 16.0 Å². The van der Waals surface area contributed by atoms with Crippen molar-refractivity contribution in [2.24, 2.45) is 5.92 Å². The average Bonchev–Trinajstić information content (AvgIpc) is 2.90. The van der Waals surface area contributed by atoms with Gasteiger partial charge in [-0.3, -0.25) is 19.3 Å². The predicted octanol–water partition coefficient (Wildman–Crippen LogP) is 4.40. The zero-order chi connectivity index (χ0) is 28.3. The second kappa shape index (κ2) is 11.4. The lowest BCUT2D eigenvalue weighted by Gasteiger charge is -2.37. The zero-order valence-electron chi connectivity index (χ0n) is 21.3. The second-order valence-corrected chi connectivity index (χ2v) is 9.72. The molecule has 10 heteroatoms. The second-order valence-electron chi connectivity index (χ2n) is 9.72. The third-order valence-electron chi connectivity index (χ3n) is 6.36. The van der Waals surface area contributed by atoms with Gasteiger partial charge in [0.15, 0.2) is 11.6 Å². The number of aliphatic carboxylic acids is 1. The third kappa shape index (κ3) is 6.11. The van der Waals surface area contributed by atoms with Crippen LogP contribution in [0.4, 0.5) is 20.2 Å². The molecular formula is C29H27F2N3O5. The lowest BCUT2D eigenvalue weighted by Crippen LogP contribution is -2.51. The first-order valence-electron chi connectivity index (χ1n) is 12.4. The number of halogens is 2. The number of carboxylic acid groups (broad SMARTS) is 1. The van der Waals surface area contributed by atoms with Gasteiger partial charge in [0.1, 0.15) is 12.1 Å². The Balaban J connectivity index is 1.65. The summed E-state index contributed by atoms with van der Waals surface area (Å²) in [4.78, 5) is 52.6. The van der Waals surface area contributed by atoms with E-state index < -0.39 is 47.4 Å². The van der Waals surface area contributed by atoms with E-state index in [-0.39, 0.29) is 34.8 Å². The highest BCUT2D eigenvalue weighted by Crippen LogP contribution is 2.36. The van der Waals surface area contributed by atoms with Gasteiger partial charge in [0.2, 0.25) is 5.91 Å². The highest BCUT2D eigenvalue weighted by Gasteiger charge is 2.38. The van der Waals surface area contributed by atoms with Gasteiger partial charge in [-0.25, -0.2) is 13.6 Å². The number of hydrogen-bond acceptors (Lipinski definition) is 4. The van der Waals surface area contributed by atoms with Gasteiger partial charge in [-0.2, -0.15) is 0 Å². The van der Waals surface area contributed by atoms with Gasteiger partial charge < -0.3 is 15.7 Å². The molecule has 0 spiro atoms. The first kappa shape index (κ1) is 27.4. The molecule has 3 amide bonds. The van der Waals surface area contributed by atoms with E-state index in [9.17, 15) is 33.1 Å². The molecule has 39 heavy (non-hydrogen) atoms. The van der Waals surface area contributed by atoms with Crippen molar-refractivity contribution >= 4 is 35.1 Å². The Kier molecular flexibility index (Phi) is 8.04. The number of nitrogens with one attached hydrogen (secondary N) is 2. The molecule has 0 radical (unpaired) electrons. The van der Waals surface area contributed by atoms with E-state index in [1.165, 1.54) is 23.1 Å². The topological polar surface area (TPSA) is 116 Å². The molecule has 0 bridgehead atoms.